The molecule has 0 aliphatic heterocycles. The van der Waals surface area contributed by atoms with Gasteiger partial charge in [0.05, 0.1) is 0 Å². The highest BCUT2D eigenvalue weighted by molar-refractivity contribution is 7.91. The second-order valence-corrected chi connectivity index (χ2v) is 6.01. The lowest BCUT2D eigenvalue weighted by molar-refractivity contribution is 0.472. The monoisotopic (exact) mass is 149 g/mol. The summed E-state index contributed by atoms with van der Waals surface area (Å²) < 4.78 is 18.0. The predicted octanol–water partition coefficient (Wildman–Crippen LogP) is 1.71. The van der Waals surface area contributed by atoms with E-state index in [4.69, 9.17) is 4.78 Å². The highest BCUT2D eigenvalue weighted by Crippen LogP contribution is 2.15. The average Bonchev–Trinajstić information content (AvgIpc) is 1.14. The van der Waals surface area contributed by atoms with Crippen LogP contribution in [0.15, 0.2) is 0 Å². The van der Waals surface area contributed by atoms with E-state index in [9.17, 15) is 4.21 Å². The van der Waals surface area contributed by atoms with Gasteiger partial charge >= 0.3 is 0 Å². The molecule has 0 radical (unpaired) electrons. The third-order valence-electron chi connectivity index (χ3n) is 0.708. The molecule has 0 aliphatic carbocycles. The van der Waals surface area contributed by atoms with Crippen molar-refractivity contribution in [1.29, 1.82) is 4.78 Å². The molecule has 1 unspecified atom stereocenters. The van der Waals surface area contributed by atoms with E-state index >= 15 is 0 Å². The first-order chi connectivity index (χ1) is 3.71. The van der Waals surface area contributed by atoms with Gasteiger partial charge in [0.2, 0.25) is 0 Å². The Balaban J connectivity index is 4.07. The molecule has 1 atom stereocenters. The number of hydrogen-bond donors (Lipinski definition) is 1. The van der Waals surface area contributed by atoms with E-state index in [1.54, 1.807) is 0 Å². The fourth-order valence-corrected chi connectivity index (χ4v) is 2.48. The van der Waals surface area contributed by atoms with Crippen molar-refractivity contribution in [2.75, 3.05) is 12.0 Å². The Morgan fingerprint density at radius 2 is 1.78 bits per heavy atom. The van der Waals surface area contributed by atoms with Gasteiger partial charge in [-0.15, -0.1) is 0 Å². The summed E-state index contributed by atoms with van der Waals surface area (Å²) in [7, 11) is -2.28. The number of hydrogen-bond acceptors (Lipinski definition) is 2. The van der Waals surface area contributed by atoms with Crippen LogP contribution in [0, 0.1) is 10.2 Å². The van der Waals surface area contributed by atoms with Crippen molar-refractivity contribution in [3.8, 4) is 0 Å². The van der Waals surface area contributed by atoms with Gasteiger partial charge in [-0.2, -0.15) is 0 Å². The normalized spacial score (nSPS) is 19.1. The maximum absolute atomic E-state index is 10.9. The van der Waals surface area contributed by atoms with Crippen LogP contribution < -0.4 is 0 Å². The summed E-state index contributed by atoms with van der Waals surface area (Å²) in [6.45, 7) is 5.97. The molecule has 0 saturated carbocycles. The molecule has 0 aliphatic rings. The summed E-state index contributed by atoms with van der Waals surface area (Å²) in [5.74, 6) is 0.486. The standard InChI is InChI=1S/C6H15NOS/c1-6(2,3)5-9(4,7)8/h7H,5H2,1-4H3. The van der Waals surface area contributed by atoms with Gasteiger partial charge in [0, 0.05) is 21.7 Å². The molecule has 0 spiro atoms. The van der Waals surface area contributed by atoms with Crippen molar-refractivity contribution in [1.82, 2.24) is 0 Å². The Morgan fingerprint density at radius 3 is 1.78 bits per heavy atom. The number of rotatable bonds is 1. The zero-order chi connectivity index (χ0) is 7.71. The molecule has 0 rings (SSSR count). The lowest BCUT2D eigenvalue weighted by atomic mass is 10.0. The Morgan fingerprint density at radius 1 is 1.44 bits per heavy atom. The summed E-state index contributed by atoms with van der Waals surface area (Å²) in [6.07, 6.45) is 1.48. The molecular formula is C6H15NOS. The average molecular weight is 149 g/mol. The molecule has 1 N–H and O–H groups in total. The lowest BCUT2D eigenvalue weighted by Gasteiger charge is -2.17. The molecule has 0 fully saturated rings. The molecule has 56 valence electrons. The van der Waals surface area contributed by atoms with Crippen LogP contribution in [0.5, 0.6) is 0 Å². The summed E-state index contributed by atoms with van der Waals surface area (Å²) >= 11 is 0. The Bertz CT molecular complexity index is 174. The zero-order valence-corrected chi connectivity index (χ0v) is 7.34. The molecule has 0 aromatic carbocycles. The Kier molecular flexibility index (Phi) is 2.28. The molecule has 0 saturated heterocycles. The second-order valence-electron chi connectivity index (χ2n) is 3.71. The largest absolute Gasteiger partial charge is 0.253 e. The Labute approximate surface area is 57.6 Å². The molecule has 0 amide bonds. The smallest absolute Gasteiger partial charge is 0.0417 e. The van der Waals surface area contributed by atoms with Gasteiger partial charge in [0.15, 0.2) is 0 Å². The minimum Gasteiger partial charge on any atom is -0.253 e. The van der Waals surface area contributed by atoms with Crippen molar-refractivity contribution >= 4 is 9.73 Å². The van der Waals surface area contributed by atoms with E-state index in [0.717, 1.165) is 0 Å². The fourth-order valence-electron chi connectivity index (χ4n) is 0.826. The van der Waals surface area contributed by atoms with Gasteiger partial charge in [0.1, 0.15) is 0 Å². The first kappa shape index (κ1) is 8.95. The summed E-state index contributed by atoms with van der Waals surface area (Å²) in [5.41, 5.74) is 0.0214. The summed E-state index contributed by atoms with van der Waals surface area (Å²) in [6, 6.07) is 0. The van der Waals surface area contributed by atoms with Gasteiger partial charge in [0.25, 0.3) is 0 Å². The first-order valence-electron chi connectivity index (χ1n) is 2.92. The van der Waals surface area contributed by atoms with Gasteiger partial charge in [-0.25, -0.2) is 0 Å². The van der Waals surface area contributed by atoms with Crippen LogP contribution in [0.25, 0.3) is 0 Å². The van der Waals surface area contributed by atoms with E-state index in [-0.39, 0.29) is 5.41 Å². The molecule has 0 aromatic rings. The quantitative estimate of drug-likeness (QED) is 0.606. The van der Waals surface area contributed by atoms with Gasteiger partial charge in [-0.05, 0) is 5.41 Å². The van der Waals surface area contributed by atoms with E-state index in [1.165, 1.54) is 6.26 Å². The lowest BCUT2D eigenvalue weighted by Crippen LogP contribution is -2.18. The van der Waals surface area contributed by atoms with Crippen LogP contribution >= 0.6 is 0 Å². The van der Waals surface area contributed by atoms with E-state index in [2.05, 4.69) is 0 Å². The molecule has 0 aromatic heterocycles. The summed E-state index contributed by atoms with van der Waals surface area (Å²) in [4.78, 5) is 0. The minimum atomic E-state index is -2.28. The maximum Gasteiger partial charge on any atom is 0.0417 e. The SMILES string of the molecule is CC(C)(C)CS(C)(=N)=O. The molecule has 9 heavy (non-hydrogen) atoms. The van der Waals surface area contributed by atoms with Gasteiger partial charge in [-0.1, -0.05) is 20.8 Å². The molecule has 3 heteroatoms. The van der Waals surface area contributed by atoms with Crippen LogP contribution in [-0.4, -0.2) is 16.2 Å². The molecule has 0 bridgehead atoms. The third kappa shape index (κ3) is 7.95. The van der Waals surface area contributed by atoms with Crippen molar-refractivity contribution < 1.29 is 4.21 Å². The van der Waals surface area contributed by atoms with Crippen molar-refractivity contribution in [3.63, 3.8) is 0 Å². The van der Waals surface area contributed by atoms with Crippen LogP contribution in [0.1, 0.15) is 20.8 Å². The second kappa shape index (κ2) is 2.29. The third-order valence-corrected chi connectivity index (χ3v) is 2.13. The van der Waals surface area contributed by atoms with E-state index in [1.807, 2.05) is 20.8 Å². The van der Waals surface area contributed by atoms with Crippen molar-refractivity contribution in [3.05, 3.63) is 0 Å². The van der Waals surface area contributed by atoms with Crippen LogP contribution in [0.4, 0.5) is 0 Å². The van der Waals surface area contributed by atoms with Gasteiger partial charge in [-0.3, -0.25) is 8.99 Å². The topological polar surface area (TPSA) is 40.9 Å². The zero-order valence-electron chi connectivity index (χ0n) is 6.52. The van der Waals surface area contributed by atoms with Gasteiger partial charge < -0.3 is 0 Å². The Hall–Kier alpha value is -0.0500. The first-order valence-corrected chi connectivity index (χ1v) is 5.06. The van der Waals surface area contributed by atoms with Crippen LogP contribution in [0.3, 0.4) is 0 Å². The van der Waals surface area contributed by atoms with E-state index in [0.29, 0.717) is 5.75 Å². The van der Waals surface area contributed by atoms with Crippen molar-refractivity contribution in [2.45, 2.75) is 20.8 Å². The highest BCUT2D eigenvalue weighted by atomic mass is 32.2. The van der Waals surface area contributed by atoms with Crippen molar-refractivity contribution in [2.24, 2.45) is 5.41 Å². The minimum absolute atomic E-state index is 0.0214. The number of nitrogens with one attached hydrogen (secondary N) is 1. The van der Waals surface area contributed by atoms with Crippen LogP contribution in [0.2, 0.25) is 0 Å². The van der Waals surface area contributed by atoms with E-state index < -0.39 is 9.73 Å². The molecule has 2 nitrogen and oxygen atoms in total. The highest BCUT2D eigenvalue weighted by Gasteiger charge is 2.14. The summed E-state index contributed by atoms with van der Waals surface area (Å²) in [5, 5.41) is 0. The predicted molar refractivity (Wildman–Crippen MR) is 41.1 cm³/mol. The molecule has 0 heterocycles. The fraction of sp³-hybridized carbons (Fsp3) is 1.00. The van der Waals surface area contributed by atoms with Crippen LogP contribution in [-0.2, 0) is 9.73 Å². The molecular weight excluding hydrogens is 134 g/mol. The maximum atomic E-state index is 10.9.